The predicted molar refractivity (Wildman–Crippen MR) is 70.5 cm³/mol. The van der Waals surface area contributed by atoms with Gasteiger partial charge in [-0.25, -0.2) is 0 Å². The van der Waals surface area contributed by atoms with E-state index in [0.717, 1.165) is 6.42 Å². The summed E-state index contributed by atoms with van der Waals surface area (Å²) in [5.74, 6) is 0.501. The van der Waals surface area contributed by atoms with Crippen molar-refractivity contribution in [2.75, 3.05) is 0 Å². The van der Waals surface area contributed by atoms with E-state index in [2.05, 4.69) is 17.4 Å². The molecule has 0 unspecified atom stereocenters. The molecule has 0 saturated heterocycles. The number of benzene rings is 1. The Bertz CT molecular complexity index is 559. The van der Waals surface area contributed by atoms with E-state index in [1.54, 1.807) is 0 Å². The maximum atomic E-state index is 12.0. The lowest BCUT2D eigenvalue weighted by Gasteiger charge is -2.05. The summed E-state index contributed by atoms with van der Waals surface area (Å²) < 4.78 is 1.84. The third-order valence-electron chi connectivity index (χ3n) is 3.51. The molecule has 3 heteroatoms. The minimum absolute atomic E-state index is 0.0194. The van der Waals surface area contributed by atoms with Gasteiger partial charge in [0.25, 0.3) is 5.91 Å². The van der Waals surface area contributed by atoms with E-state index in [4.69, 9.17) is 0 Å². The number of hydrogen-bond acceptors (Lipinski definition) is 1. The lowest BCUT2D eigenvalue weighted by atomic mass is 10.1. The molecule has 1 aliphatic carbocycles. The number of nitrogens with one attached hydrogen (secondary N) is 1. The smallest absolute Gasteiger partial charge is 0.268 e. The molecular weight excluding hydrogens is 224 g/mol. The molecule has 3 nitrogen and oxygen atoms in total. The van der Waals surface area contributed by atoms with Gasteiger partial charge in [-0.05, 0) is 24.1 Å². The van der Waals surface area contributed by atoms with Gasteiger partial charge in [-0.2, -0.15) is 0 Å². The Kier molecular flexibility index (Phi) is 2.67. The maximum Gasteiger partial charge on any atom is 0.268 e. The van der Waals surface area contributed by atoms with Crippen LogP contribution in [0, 0.1) is 0 Å². The third-order valence-corrected chi connectivity index (χ3v) is 3.51. The highest BCUT2D eigenvalue weighted by Gasteiger charge is 2.39. The summed E-state index contributed by atoms with van der Waals surface area (Å²) in [7, 11) is 1.89. The molecule has 0 radical (unpaired) electrons. The van der Waals surface area contributed by atoms with Crippen LogP contribution in [0.2, 0.25) is 0 Å². The quantitative estimate of drug-likeness (QED) is 0.877. The average molecular weight is 240 g/mol. The Balaban J connectivity index is 1.64. The topological polar surface area (TPSA) is 34.0 Å². The van der Waals surface area contributed by atoms with Crippen LogP contribution in [0.4, 0.5) is 0 Å². The predicted octanol–water partition coefficient (Wildman–Crippen LogP) is 2.31. The molecule has 2 aromatic rings. The Morgan fingerprint density at radius 3 is 2.67 bits per heavy atom. The summed E-state index contributed by atoms with van der Waals surface area (Å²) in [5.41, 5.74) is 2.03. The fraction of sp³-hybridized carbons (Fsp3) is 0.267. The summed E-state index contributed by atoms with van der Waals surface area (Å²) >= 11 is 0. The van der Waals surface area contributed by atoms with Crippen LogP contribution < -0.4 is 5.32 Å². The van der Waals surface area contributed by atoms with Crippen LogP contribution in [-0.4, -0.2) is 16.5 Å². The second kappa shape index (κ2) is 4.33. The third kappa shape index (κ3) is 2.04. The zero-order valence-electron chi connectivity index (χ0n) is 10.3. The summed E-state index contributed by atoms with van der Waals surface area (Å²) in [6.45, 7) is 0. The molecule has 1 aromatic heterocycles. The molecule has 1 saturated carbocycles. The molecule has 1 amide bonds. The van der Waals surface area contributed by atoms with Crippen molar-refractivity contribution in [2.24, 2.45) is 7.05 Å². The van der Waals surface area contributed by atoms with Gasteiger partial charge in [0.2, 0.25) is 0 Å². The van der Waals surface area contributed by atoms with Gasteiger partial charge < -0.3 is 9.88 Å². The van der Waals surface area contributed by atoms with Crippen molar-refractivity contribution < 1.29 is 4.79 Å². The number of rotatable bonds is 3. The van der Waals surface area contributed by atoms with Crippen molar-refractivity contribution in [1.29, 1.82) is 0 Å². The van der Waals surface area contributed by atoms with Crippen LogP contribution in [0.3, 0.4) is 0 Å². The second-order valence-electron chi connectivity index (χ2n) is 4.84. The average Bonchev–Trinajstić information content (AvgIpc) is 3.01. The highest BCUT2D eigenvalue weighted by Crippen LogP contribution is 2.40. The number of carbonyl (C=O) groups is 1. The van der Waals surface area contributed by atoms with Crippen molar-refractivity contribution in [3.05, 3.63) is 59.9 Å². The Morgan fingerprint density at radius 2 is 2.00 bits per heavy atom. The van der Waals surface area contributed by atoms with E-state index < -0.39 is 0 Å². The molecule has 0 spiro atoms. The van der Waals surface area contributed by atoms with Crippen molar-refractivity contribution >= 4 is 5.91 Å². The Labute approximate surface area is 106 Å². The number of nitrogens with zero attached hydrogens (tertiary/aromatic N) is 1. The van der Waals surface area contributed by atoms with Gasteiger partial charge in [0, 0.05) is 25.2 Å². The van der Waals surface area contributed by atoms with Crippen LogP contribution in [0.1, 0.15) is 28.4 Å². The summed E-state index contributed by atoms with van der Waals surface area (Å²) in [4.78, 5) is 12.0. The molecule has 92 valence electrons. The van der Waals surface area contributed by atoms with Gasteiger partial charge >= 0.3 is 0 Å². The van der Waals surface area contributed by atoms with Crippen molar-refractivity contribution in [3.63, 3.8) is 0 Å². The largest absolute Gasteiger partial charge is 0.347 e. The van der Waals surface area contributed by atoms with Gasteiger partial charge in [0.05, 0.1) is 0 Å². The molecule has 1 heterocycles. The van der Waals surface area contributed by atoms with E-state index in [-0.39, 0.29) is 11.9 Å². The normalized spacial score (nSPS) is 21.6. The highest BCUT2D eigenvalue weighted by atomic mass is 16.2. The molecule has 3 rings (SSSR count). The first-order chi connectivity index (χ1) is 8.75. The van der Waals surface area contributed by atoms with Gasteiger partial charge in [0.1, 0.15) is 5.69 Å². The van der Waals surface area contributed by atoms with Gasteiger partial charge in [0.15, 0.2) is 0 Å². The summed E-state index contributed by atoms with van der Waals surface area (Å²) in [6, 6.07) is 14.4. The second-order valence-corrected chi connectivity index (χ2v) is 4.84. The van der Waals surface area contributed by atoms with Crippen molar-refractivity contribution in [2.45, 2.75) is 18.4 Å². The molecule has 18 heavy (non-hydrogen) atoms. The first-order valence-electron chi connectivity index (χ1n) is 6.23. The number of aryl methyl sites for hydroxylation is 1. The number of hydrogen-bond donors (Lipinski definition) is 1. The molecular formula is C15H16N2O. The van der Waals surface area contributed by atoms with Crippen molar-refractivity contribution in [1.82, 2.24) is 9.88 Å². The molecule has 1 aromatic carbocycles. The van der Waals surface area contributed by atoms with E-state index in [9.17, 15) is 4.79 Å². The van der Waals surface area contributed by atoms with Gasteiger partial charge in [-0.1, -0.05) is 30.3 Å². The standard InChI is InChI=1S/C15H16N2O/c1-17-9-5-8-14(17)15(18)16-13-10-12(13)11-6-3-2-4-7-11/h2-9,12-13H,10H2,1H3,(H,16,18)/t12-,13-/m1/s1. The van der Waals surface area contributed by atoms with Crippen LogP contribution in [0.25, 0.3) is 0 Å². The van der Waals surface area contributed by atoms with E-state index in [0.29, 0.717) is 11.6 Å². The van der Waals surface area contributed by atoms with Crippen LogP contribution in [-0.2, 0) is 7.05 Å². The minimum Gasteiger partial charge on any atom is -0.347 e. The van der Waals surface area contributed by atoms with Gasteiger partial charge in [-0.3, -0.25) is 4.79 Å². The van der Waals surface area contributed by atoms with E-state index in [1.165, 1.54) is 5.56 Å². The Morgan fingerprint density at radius 1 is 1.22 bits per heavy atom. The number of amides is 1. The van der Waals surface area contributed by atoms with E-state index in [1.807, 2.05) is 48.1 Å². The lowest BCUT2D eigenvalue weighted by Crippen LogP contribution is -2.28. The zero-order chi connectivity index (χ0) is 12.5. The summed E-state index contributed by atoms with van der Waals surface area (Å²) in [5, 5.41) is 3.09. The molecule has 1 aliphatic rings. The fourth-order valence-electron chi connectivity index (χ4n) is 2.36. The van der Waals surface area contributed by atoms with Gasteiger partial charge in [-0.15, -0.1) is 0 Å². The molecule has 0 bridgehead atoms. The fourth-order valence-corrected chi connectivity index (χ4v) is 2.36. The maximum absolute atomic E-state index is 12.0. The Hall–Kier alpha value is -2.03. The molecule has 1 N–H and O–H groups in total. The molecule has 0 aliphatic heterocycles. The SMILES string of the molecule is Cn1cccc1C(=O)N[C@@H]1C[C@@H]1c1ccccc1. The molecule has 2 atom stereocenters. The van der Waals surface area contributed by atoms with Crippen molar-refractivity contribution in [3.8, 4) is 0 Å². The number of aromatic nitrogens is 1. The molecule has 1 fully saturated rings. The highest BCUT2D eigenvalue weighted by molar-refractivity contribution is 5.93. The first-order valence-corrected chi connectivity index (χ1v) is 6.23. The monoisotopic (exact) mass is 240 g/mol. The van der Waals surface area contributed by atoms with E-state index >= 15 is 0 Å². The van der Waals surface area contributed by atoms with Crippen LogP contribution in [0.5, 0.6) is 0 Å². The lowest BCUT2D eigenvalue weighted by molar-refractivity contribution is 0.0942. The van der Waals surface area contributed by atoms with Crippen LogP contribution in [0.15, 0.2) is 48.7 Å². The minimum atomic E-state index is 0.0194. The summed E-state index contributed by atoms with van der Waals surface area (Å²) in [6.07, 6.45) is 2.93. The number of carbonyl (C=O) groups excluding carboxylic acids is 1. The first kappa shape index (κ1) is 11.1. The van der Waals surface area contributed by atoms with Crippen LogP contribution >= 0.6 is 0 Å². The zero-order valence-corrected chi connectivity index (χ0v) is 10.3.